The number of carbonyl (C=O) groups excluding carboxylic acids is 2. The molecule has 1 amide bonds. The van der Waals surface area contributed by atoms with E-state index in [1.54, 1.807) is 47.6 Å². The van der Waals surface area contributed by atoms with Gasteiger partial charge in [-0.15, -0.1) is 6.58 Å². The van der Waals surface area contributed by atoms with E-state index in [2.05, 4.69) is 11.9 Å². The van der Waals surface area contributed by atoms with Crippen molar-refractivity contribution in [3.63, 3.8) is 0 Å². The van der Waals surface area contributed by atoms with Crippen molar-refractivity contribution in [1.29, 1.82) is 0 Å². The van der Waals surface area contributed by atoms with E-state index < -0.39 is 29.3 Å². The minimum Gasteiger partial charge on any atom is -0.458 e. The average Bonchev–Trinajstić information content (AvgIpc) is 2.18. The summed E-state index contributed by atoms with van der Waals surface area (Å²) in [5.74, 6) is -0.467. The zero-order valence-electron chi connectivity index (χ0n) is 13.4. The molecular formula is C15H27NO4. The number of nitrogens with one attached hydrogen (secondary N) is 1. The van der Waals surface area contributed by atoms with Gasteiger partial charge in [0, 0.05) is 0 Å². The van der Waals surface area contributed by atoms with Crippen LogP contribution in [0.2, 0.25) is 0 Å². The van der Waals surface area contributed by atoms with Gasteiger partial charge < -0.3 is 14.8 Å². The summed E-state index contributed by atoms with van der Waals surface area (Å²) < 4.78 is 10.4. The van der Waals surface area contributed by atoms with Crippen LogP contribution in [0.4, 0.5) is 4.79 Å². The molecule has 20 heavy (non-hydrogen) atoms. The van der Waals surface area contributed by atoms with E-state index in [9.17, 15) is 9.59 Å². The first kappa shape index (κ1) is 18.5. The van der Waals surface area contributed by atoms with Crippen molar-refractivity contribution in [2.75, 3.05) is 0 Å². The van der Waals surface area contributed by atoms with Gasteiger partial charge in [-0.3, -0.25) is 0 Å². The lowest BCUT2D eigenvalue weighted by Gasteiger charge is -2.26. The van der Waals surface area contributed by atoms with Crippen LogP contribution < -0.4 is 5.32 Å². The smallest absolute Gasteiger partial charge is 0.408 e. The Morgan fingerprint density at radius 3 is 2.00 bits per heavy atom. The Morgan fingerprint density at radius 1 is 1.10 bits per heavy atom. The Balaban J connectivity index is 4.67. The molecule has 0 saturated heterocycles. The topological polar surface area (TPSA) is 64.6 Å². The van der Waals surface area contributed by atoms with Crippen LogP contribution >= 0.6 is 0 Å². The fraction of sp³-hybridized carbons (Fsp3) is 0.733. The first-order valence-corrected chi connectivity index (χ1v) is 6.78. The minimum absolute atomic E-state index is 0.428. The van der Waals surface area contributed by atoms with Crippen molar-refractivity contribution in [3.8, 4) is 0 Å². The number of amides is 1. The summed E-state index contributed by atoms with van der Waals surface area (Å²) in [6, 6.07) is -0.734. The molecule has 0 aromatic carbocycles. The van der Waals surface area contributed by atoms with Crippen LogP contribution in [0.3, 0.4) is 0 Å². The van der Waals surface area contributed by atoms with Crippen LogP contribution in [0, 0.1) is 0 Å². The molecule has 0 saturated carbocycles. The Labute approximate surface area is 121 Å². The van der Waals surface area contributed by atoms with Crippen molar-refractivity contribution in [2.45, 2.75) is 71.6 Å². The summed E-state index contributed by atoms with van der Waals surface area (Å²) in [7, 11) is 0. The number of rotatable bonds is 5. The highest BCUT2D eigenvalue weighted by molar-refractivity contribution is 5.81. The monoisotopic (exact) mass is 285 g/mol. The molecule has 0 heterocycles. The molecule has 0 bridgehead atoms. The van der Waals surface area contributed by atoms with Gasteiger partial charge in [0.05, 0.1) is 0 Å². The van der Waals surface area contributed by atoms with E-state index >= 15 is 0 Å². The molecule has 1 unspecified atom stereocenters. The lowest BCUT2D eigenvalue weighted by molar-refractivity contribution is -0.157. The number of alkyl carbamates (subject to hydrolysis) is 1. The summed E-state index contributed by atoms with van der Waals surface area (Å²) >= 11 is 0. The second-order valence-electron chi connectivity index (χ2n) is 6.60. The van der Waals surface area contributed by atoms with Gasteiger partial charge in [-0.25, -0.2) is 9.59 Å². The second-order valence-corrected chi connectivity index (χ2v) is 6.60. The molecule has 0 aromatic heterocycles. The van der Waals surface area contributed by atoms with Gasteiger partial charge in [-0.1, -0.05) is 6.08 Å². The zero-order valence-corrected chi connectivity index (χ0v) is 13.4. The lowest BCUT2D eigenvalue weighted by atomic mass is 10.1. The number of hydrogen-bond donors (Lipinski definition) is 1. The molecule has 0 aliphatic carbocycles. The molecular weight excluding hydrogens is 258 g/mol. The SMILES string of the molecule is C=CCCC(NC(=O)OC(C)(C)C)C(=O)OC(C)(C)C. The van der Waals surface area contributed by atoms with Crippen molar-refractivity contribution < 1.29 is 19.1 Å². The second kappa shape index (κ2) is 7.31. The molecule has 1 N–H and O–H groups in total. The Hall–Kier alpha value is -1.52. The van der Waals surface area contributed by atoms with Crippen LogP contribution in [0.1, 0.15) is 54.4 Å². The highest BCUT2D eigenvalue weighted by Crippen LogP contribution is 2.12. The van der Waals surface area contributed by atoms with Crippen LogP contribution in [0.5, 0.6) is 0 Å². The first-order chi connectivity index (χ1) is 8.94. The van der Waals surface area contributed by atoms with Crippen molar-refractivity contribution in [1.82, 2.24) is 5.32 Å². The van der Waals surface area contributed by atoms with Crippen molar-refractivity contribution in [2.24, 2.45) is 0 Å². The highest BCUT2D eigenvalue weighted by atomic mass is 16.6. The Morgan fingerprint density at radius 2 is 1.60 bits per heavy atom. The molecule has 5 heteroatoms. The summed E-state index contributed by atoms with van der Waals surface area (Å²) in [6.07, 6.45) is 2.09. The number of carbonyl (C=O) groups is 2. The number of esters is 1. The third-order valence-corrected chi connectivity index (χ3v) is 2.04. The maximum atomic E-state index is 12.0. The summed E-state index contributed by atoms with van der Waals surface area (Å²) in [6.45, 7) is 14.2. The van der Waals surface area contributed by atoms with E-state index in [-0.39, 0.29) is 0 Å². The van der Waals surface area contributed by atoms with Crippen molar-refractivity contribution >= 4 is 12.1 Å². The van der Waals surface area contributed by atoms with Crippen LogP contribution in [0.15, 0.2) is 12.7 Å². The van der Waals surface area contributed by atoms with Crippen LogP contribution in [-0.4, -0.2) is 29.3 Å². The predicted octanol–water partition coefficient (Wildman–Crippen LogP) is 3.19. The molecule has 116 valence electrons. The van der Waals surface area contributed by atoms with Crippen LogP contribution in [0.25, 0.3) is 0 Å². The van der Waals surface area contributed by atoms with E-state index in [0.717, 1.165) is 0 Å². The molecule has 0 aromatic rings. The van der Waals surface area contributed by atoms with E-state index in [1.165, 1.54) is 0 Å². The van der Waals surface area contributed by atoms with Gasteiger partial charge in [0.2, 0.25) is 0 Å². The quantitative estimate of drug-likeness (QED) is 0.622. The summed E-state index contributed by atoms with van der Waals surface area (Å²) in [5, 5.41) is 2.55. The highest BCUT2D eigenvalue weighted by Gasteiger charge is 2.27. The molecule has 0 fully saturated rings. The number of allylic oxidation sites excluding steroid dienone is 1. The van der Waals surface area contributed by atoms with Gasteiger partial charge in [-0.05, 0) is 54.4 Å². The maximum absolute atomic E-state index is 12.0. The first-order valence-electron chi connectivity index (χ1n) is 6.78. The molecule has 0 aliphatic rings. The maximum Gasteiger partial charge on any atom is 0.408 e. The molecule has 1 atom stereocenters. The average molecular weight is 285 g/mol. The van der Waals surface area contributed by atoms with Gasteiger partial charge in [0.25, 0.3) is 0 Å². The number of ether oxygens (including phenoxy) is 2. The summed E-state index contributed by atoms with van der Waals surface area (Å²) in [4.78, 5) is 23.8. The van der Waals surface area contributed by atoms with E-state index in [0.29, 0.717) is 12.8 Å². The summed E-state index contributed by atoms with van der Waals surface area (Å²) in [5.41, 5.74) is -1.21. The van der Waals surface area contributed by atoms with E-state index in [4.69, 9.17) is 9.47 Å². The number of hydrogen-bond acceptors (Lipinski definition) is 4. The third-order valence-electron chi connectivity index (χ3n) is 2.04. The van der Waals surface area contributed by atoms with Gasteiger partial charge >= 0.3 is 12.1 Å². The van der Waals surface area contributed by atoms with Gasteiger partial charge in [-0.2, -0.15) is 0 Å². The molecule has 0 rings (SSSR count). The largest absolute Gasteiger partial charge is 0.458 e. The standard InChI is InChI=1S/C15H27NO4/c1-8-9-10-11(12(17)19-14(2,3)4)16-13(18)20-15(5,6)7/h8,11H,1,9-10H2,2-7H3,(H,16,18). The van der Waals surface area contributed by atoms with Gasteiger partial charge in [0.15, 0.2) is 0 Å². The Bertz CT molecular complexity index is 350. The molecule has 0 radical (unpaired) electrons. The minimum atomic E-state index is -0.734. The van der Waals surface area contributed by atoms with Crippen molar-refractivity contribution in [3.05, 3.63) is 12.7 Å². The molecule has 0 aliphatic heterocycles. The fourth-order valence-corrected chi connectivity index (χ4v) is 1.36. The lowest BCUT2D eigenvalue weighted by Crippen LogP contribution is -2.45. The van der Waals surface area contributed by atoms with Crippen LogP contribution in [-0.2, 0) is 14.3 Å². The van der Waals surface area contributed by atoms with E-state index in [1.807, 2.05) is 0 Å². The normalized spacial score (nSPS) is 13.3. The molecule has 0 spiro atoms. The zero-order chi connectivity index (χ0) is 16.0. The predicted molar refractivity (Wildman–Crippen MR) is 78.4 cm³/mol. The molecule has 5 nitrogen and oxygen atoms in total. The fourth-order valence-electron chi connectivity index (χ4n) is 1.36. The van der Waals surface area contributed by atoms with Gasteiger partial charge in [0.1, 0.15) is 17.2 Å². The Kier molecular flexibility index (Phi) is 6.76. The third kappa shape index (κ3) is 9.42.